The molecule has 2 fully saturated rings. The van der Waals surface area contributed by atoms with Crippen LogP contribution in [-0.4, -0.2) is 75.7 Å². The molecule has 2 aromatic heterocycles. The molecule has 3 aromatic rings. The van der Waals surface area contributed by atoms with Crippen LogP contribution in [-0.2, 0) is 16.1 Å². The van der Waals surface area contributed by atoms with Crippen LogP contribution in [0.15, 0.2) is 30.7 Å². The number of fused-ring (bicyclic) bond motifs is 3. The summed E-state index contributed by atoms with van der Waals surface area (Å²) in [6.07, 6.45) is 11.5. The number of anilines is 1. The molecule has 3 aliphatic rings. The summed E-state index contributed by atoms with van der Waals surface area (Å²) >= 11 is 0. The smallest absolute Gasteiger partial charge is 0.237 e. The molecule has 4 heterocycles. The topological polar surface area (TPSA) is 114 Å². The lowest BCUT2D eigenvalue weighted by Crippen LogP contribution is -2.52. The van der Waals surface area contributed by atoms with Crippen molar-refractivity contribution in [2.24, 2.45) is 0 Å². The molecule has 1 aromatic carbocycles. The highest BCUT2D eigenvalue weighted by molar-refractivity contribution is 5.90. The summed E-state index contributed by atoms with van der Waals surface area (Å²) in [5.74, 6) is 2.07. The van der Waals surface area contributed by atoms with Crippen LogP contribution in [0.4, 0.5) is 5.82 Å². The molecule has 0 spiro atoms. The summed E-state index contributed by atoms with van der Waals surface area (Å²) in [7, 11) is 2.01. The fraction of sp³-hybridized carbons (Fsp3) is 0.519. The summed E-state index contributed by atoms with van der Waals surface area (Å²) in [4.78, 5) is 33.6. The zero-order chi connectivity index (χ0) is 25.2. The number of carbonyl (C=O) groups is 1. The summed E-state index contributed by atoms with van der Waals surface area (Å²) in [5.41, 5.74) is 3.17. The first-order chi connectivity index (χ1) is 18.1. The van der Waals surface area contributed by atoms with E-state index in [0.29, 0.717) is 55.2 Å². The van der Waals surface area contributed by atoms with Gasteiger partial charge in [0.15, 0.2) is 11.6 Å². The Labute approximate surface area is 216 Å². The van der Waals surface area contributed by atoms with Gasteiger partial charge in [-0.25, -0.2) is 15.0 Å². The summed E-state index contributed by atoms with van der Waals surface area (Å²) in [6, 6.07) is 3.91. The molecule has 10 heteroatoms. The van der Waals surface area contributed by atoms with Crippen molar-refractivity contribution in [3.8, 4) is 16.9 Å². The zero-order valence-electron chi connectivity index (χ0n) is 21.2. The monoisotopic (exact) mass is 503 g/mol. The van der Waals surface area contributed by atoms with E-state index in [0.717, 1.165) is 48.9 Å². The van der Waals surface area contributed by atoms with Crippen LogP contribution in [0.25, 0.3) is 22.2 Å². The Morgan fingerprint density at radius 3 is 2.78 bits per heavy atom. The standard InChI is InChI=1S/C27H33N7O3/c1-34-10-8-18-12-22(34)27(35)28-9-3-11-36-26-20(6-7-21-25(26)33-23(32-18)15-29-21)17-13-30-24(31-14-17)16-37-19-4-2-5-19/h6-7,13-15,18-19,22H,2-5,8-12,16H2,1H3,(H,28,35)(H,32,33)/t18-,22-/m0/s1. The van der Waals surface area contributed by atoms with Crippen molar-refractivity contribution in [3.05, 3.63) is 36.5 Å². The predicted molar refractivity (Wildman–Crippen MR) is 139 cm³/mol. The quantitative estimate of drug-likeness (QED) is 0.555. The number of piperidine rings is 1. The Hall–Kier alpha value is -3.37. The van der Waals surface area contributed by atoms with Crippen LogP contribution in [0.3, 0.4) is 0 Å². The van der Waals surface area contributed by atoms with Crippen LogP contribution in [0.5, 0.6) is 5.75 Å². The van der Waals surface area contributed by atoms with Crippen LogP contribution < -0.4 is 15.4 Å². The normalized spacial score (nSPS) is 23.0. The first-order valence-electron chi connectivity index (χ1n) is 13.2. The Kier molecular flexibility index (Phi) is 6.84. The zero-order valence-corrected chi connectivity index (χ0v) is 21.2. The number of ether oxygens (including phenoxy) is 2. The maximum atomic E-state index is 12.8. The van der Waals surface area contributed by atoms with Gasteiger partial charge in [-0.15, -0.1) is 0 Å². The van der Waals surface area contributed by atoms with Crippen molar-refractivity contribution in [2.75, 3.05) is 32.1 Å². The Bertz CT molecular complexity index is 1260. The van der Waals surface area contributed by atoms with Gasteiger partial charge < -0.3 is 20.1 Å². The number of hydrogen-bond donors (Lipinski definition) is 2. The Balaban J connectivity index is 1.31. The number of nitrogens with zero attached hydrogens (tertiary/aromatic N) is 5. The fourth-order valence-corrected chi connectivity index (χ4v) is 5.10. The molecule has 2 aliphatic heterocycles. The SMILES string of the molecule is CN1CC[C@H]2C[C@H]1C(=O)NCCCOc1c(-c3cnc(COC4CCC4)nc3)ccc3ncc(nc13)N2. The van der Waals surface area contributed by atoms with Gasteiger partial charge in [-0.2, -0.15) is 0 Å². The van der Waals surface area contributed by atoms with Crippen molar-refractivity contribution in [1.29, 1.82) is 0 Å². The van der Waals surface area contributed by atoms with Crippen molar-refractivity contribution in [3.63, 3.8) is 0 Å². The van der Waals surface area contributed by atoms with Gasteiger partial charge in [0.1, 0.15) is 17.9 Å². The number of likely N-dealkylation sites (tertiary alicyclic amines) is 1. The molecule has 2 N–H and O–H groups in total. The molecular weight excluding hydrogens is 470 g/mol. The summed E-state index contributed by atoms with van der Waals surface area (Å²) < 4.78 is 12.2. The minimum Gasteiger partial charge on any atom is -0.491 e. The van der Waals surface area contributed by atoms with E-state index in [1.54, 1.807) is 6.20 Å². The van der Waals surface area contributed by atoms with Gasteiger partial charge in [0.05, 0.1) is 30.5 Å². The number of likely N-dealkylation sites (N-methyl/N-ethyl adjacent to an activating group) is 1. The Morgan fingerprint density at radius 1 is 1.11 bits per heavy atom. The second-order valence-corrected chi connectivity index (χ2v) is 10.2. The van der Waals surface area contributed by atoms with E-state index in [1.165, 1.54) is 6.42 Å². The third-order valence-electron chi connectivity index (χ3n) is 7.58. The third kappa shape index (κ3) is 5.21. The maximum absolute atomic E-state index is 12.8. The molecule has 1 saturated carbocycles. The van der Waals surface area contributed by atoms with Gasteiger partial charge in [0, 0.05) is 42.7 Å². The lowest BCUT2D eigenvalue weighted by atomic mass is 9.96. The highest BCUT2D eigenvalue weighted by Gasteiger charge is 2.31. The number of hydrogen-bond acceptors (Lipinski definition) is 9. The van der Waals surface area contributed by atoms with E-state index in [2.05, 4.69) is 30.5 Å². The van der Waals surface area contributed by atoms with E-state index in [1.807, 2.05) is 31.6 Å². The van der Waals surface area contributed by atoms with E-state index >= 15 is 0 Å². The maximum Gasteiger partial charge on any atom is 0.237 e. The van der Waals surface area contributed by atoms with Gasteiger partial charge in [-0.1, -0.05) is 0 Å². The van der Waals surface area contributed by atoms with E-state index in [9.17, 15) is 4.79 Å². The molecule has 2 atom stereocenters. The fourth-order valence-electron chi connectivity index (χ4n) is 5.10. The van der Waals surface area contributed by atoms with Gasteiger partial charge in [0.25, 0.3) is 0 Å². The lowest BCUT2D eigenvalue weighted by molar-refractivity contribution is -0.127. The molecule has 37 heavy (non-hydrogen) atoms. The minimum atomic E-state index is -0.159. The number of benzene rings is 1. The number of amides is 1. The van der Waals surface area contributed by atoms with Gasteiger partial charge >= 0.3 is 0 Å². The van der Waals surface area contributed by atoms with Crippen LogP contribution in [0.2, 0.25) is 0 Å². The molecule has 10 nitrogen and oxygen atoms in total. The molecule has 1 aliphatic carbocycles. The van der Waals surface area contributed by atoms with Crippen LogP contribution >= 0.6 is 0 Å². The average molecular weight is 504 g/mol. The van der Waals surface area contributed by atoms with E-state index in [-0.39, 0.29) is 18.0 Å². The largest absolute Gasteiger partial charge is 0.491 e. The average Bonchev–Trinajstić information content (AvgIpc) is 2.88. The minimum absolute atomic E-state index is 0.0622. The molecule has 0 unspecified atom stereocenters. The third-order valence-corrected chi connectivity index (χ3v) is 7.58. The van der Waals surface area contributed by atoms with Gasteiger partial charge in [-0.05, 0) is 57.7 Å². The highest BCUT2D eigenvalue weighted by atomic mass is 16.5. The number of aromatic nitrogens is 4. The molecule has 1 amide bonds. The first-order valence-corrected chi connectivity index (χ1v) is 13.2. The van der Waals surface area contributed by atoms with E-state index in [4.69, 9.17) is 14.5 Å². The highest BCUT2D eigenvalue weighted by Crippen LogP contribution is 2.36. The van der Waals surface area contributed by atoms with Gasteiger partial charge in [0.2, 0.25) is 5.91 Å². The molecule has 4 bridgehead atoms. The number of carbonyl (C=O) groups excluding carboxylic acids is 1. The second-order valence-electron chi connectivity index (χ2n) is 10.2. The molecule has 194 valence electrons. The second kappa shape index (κ2) is 10.5. The van der Waals surface area contributed by atoms with E-state index < -0.39 is 0 Å². The van der Waals surface area contributed by atoms with Crippen molar-refractivity contribution in [2.45, 2.75) is 63.3 Å². The first kappa shape index (κ1) is 24.0. The molecular formula is C27H33N7O3. The van der Waals surface area contributed by atoms with Crippen LogP contribution in [0.1, 0.15) is 44.3 Å². The molecule has 0 radical (unpaired) electrons. The van der Waals surface area contributed by atoms with Crippen LogP contribution in [0, 0.1) is 0 Å². The number of rotatable bonds is 4. The Morgan fingerprint density at radius 2 is 1.97 bits per heavy atom. The van der Waals surface area contributed by atoms with Crippen molar-refractivity contribution in [1.82, 2.24) is 30.2 Å². The molecule has 1 saturated heterocycles. The molecule has 6 rings (SSSR count). The predicted octanol–water partition coefficient (Wildman–Crippen LogP) is 2.93. The summed E-state index contributed by atoms with van der Waals surface area (Å²) in [6.45, 7) is 2.26. The summed E-state index contributed by atoms with van der Waals surface area (Å²) in [5, 5.41) is 6.60. The number of nitrogens with one attached hydrogen (secondary N) is 2. The van der Waals surface area contributed by atoms with Crippen molar-refractivity contribution >= 4 is 22.8 Å². The van der Waals surface area contributed by atoms with Crippen molar-refractivity contribution < 1.29 is 14.3 Å². The lowest BCUT2D eigenvalue weighted by Gasteiger charge is -2.36. The van der Waals surface area contributed by atoms with Gasteiger partial charge in [-0.3, -0.25) is 14.7 Å².